The Morgan fingerprint density at radius 2 is 1.60 bits per heavy atom. The van der Waals surface area contributed by atoms with Gasteiger partial charge in [0, 0.05) is 12.6 Å². The lowest BCUT2D eigenvalue weighted by molar-refractivity contribution is 0.238. The van der Waals surface area contributed by atoms with Crippen molar-refractivity contribution < 1.29 is 4.43 Å². The Morgan fingerprint density at radius 3 is 1.87 bits per heavy atom. The minimum Gasteiger partial charge on any atom is -0.415 e. The van der Waals surface area contributed by atoms with Crippen LogP contribution in [-0.2, 0) is 4.43 Å². The summed E-state index contributed by atoms with van der Waals surface area (Å²) in [5.74, 6) is 0.500. The van der Waals surface area contributed by atoms with Gasteiger partial charge >= 0.3 is 0 Å². The Morgan fingerprint density at radius 1 is 1.20 bits per heavy atom. The van der Waals surface area contributed by atoms with Crippen LogP contribution in [0.3, 0.4) is 0 Å². The summed E-state index contributed by atoms with van der Waals surface area (Å²) in [6.45, 7) is 16.3. The molecular weight excluding hydrogens is 226 g/mol. The highest BCUT2D eigenvalue weighted by Gasteiger charge is 2.37. The third-order valence-corrected chi connectivity index (χ3v) is 7.80. The average Bonchev–Trinajstić information content (AvgIpc) is 1.97. The first-order valence-corrected chi connectivity index (χ1v) is 8.38. The molecule has 0 spiro atoms. The molecule has 0 amide bonds. The van der Waals surface area contributed by atoms with E-state index in [0.29, 0.717) is 12.5 Å². The molecule has 0 bridgehead atoms. The molecule has 0 aliphatic carbocycles. The summed E-state index contributed by atoms with van der Waals surface area (Å²) in [7, 11) is -1.59. The SMILES string of the molecule is CC(C)[C@@H](N)CO[Si](C)(C)C(C)(C)C.Cl. The number of nitrogens with two attached hydrogens (primary N) is 1. The van der Waals surface area contributed by atoms with Crippen LogP contribution in [0.1, 0.15) is 34.6 Å². The maximum absolute atomic E-state index is 6.03. The van der Waals surface area contributed by atoms with E-state index in [4.69, 9.17) is 10.2 Å². The highest BCUT2D eigenvalue weighted by atomic mass is 35.5. The van der Waals surface area contributed by atoms with E-state index in [2.05, 4.69) is 47.7 Å². The van der Waals surface area contributed by atoms with Gasteiger partial charge in [-0.2, -0.15) is 0 Å². The maximum atomic E-state index is 6.03. The van der Waals surface area contributed by atoms with Crippen LogP contribution in [0, 0.1) is 5.92 Å². The van der Waals surface area contributed by atoms with Crippen molar-refractivity contribution in [1.29, 1.82) is 0 Å². The van der Waals surface area contributed by atoms with Gasteiger partial charge in [0.2, 0.25) is 0 Å². The topological polar surface area (TPSA) is 35.2 Å². The Hall–Kier alpha value is 0.427. The third kappa shape index (κ3) is 5.90. The predicted molar refractivity (Wildman–Crippen MR) is 73.2 cm³/mol. The molecule has 0 rings (SSSR count). The van der Waals surface area contributed by atoms with Crippen LogP contribution in [0.25, 0.3) is 0 Å². The molecule has 0 saturated heterocycles. The summed E-state index contributed by atoms with van der Waals surface area (Å²) < 4.78 is 6.03. The largest absolute Gasteiger partial charge is 0.415 e. The first-order valence-electron chi connectivity index (χ1n) is 5.47. The molecule has 0 aliphatic heterocycles. The lowest BCUT2D eigenvalue weighted by Crippen LogP contribution is -2.45. The molecule has 0 aromatic heterocycles. The van der Waals surface area contributed by atoms with Crippen LogP contribution in [0.2, 0.25) is 18.1 Å². The van der Waals surface area contributed by atoms with Gasteiger partial charge in [0.25, 0.3) is 0 Å². The Kier molecular flexibility index (Phi) is 7.40. The van der Waals surface area contributed by atoms with E-state index in [1.165, 1.54) is 0 Å². The van der Waals surface area contributed by atoms with Crippen molar-refractivity contribution in [3.05, 3.63) is 0 Å². The van der Waals surface area contributed by atoms with Crippen molar-refractivity contribution in [3.8, 4) is 0 Å². The third-order valence-electron chi connectivity index (χ3n) is 3.30. The molecule has 0 aromatic carbocycles. The van der Waals surface area contributed by atoms with Gasteiger partial charge in [-0.05, 0) is 24.1 Å². The molecule has 4 heteroatoms. The zero-order valence-corrected chi connectivity index (χ0v) is 13.1. The van der Waals surface area contributed by atoms with Gasteiger partial charge in [-0.15, -0.1) is 12.4 Å². The fraction of sp³-hybridized carbons (Fsp3) is 1.00. The van der Waals surface area contributed by atoms with Gasteiger partial charge in [0.15, 0.2) is 8.32 Å². The number of rotatable bonds is 4. The summed E-state index contributed by atoms with van der Waals surface area (Å²) in [5.41, 5.74) is 5.96. The molecule has 2 nitrogen and oxygen atoms in total. The highest BCUT2D eigenvalue weighted by Crippen LogP contribution is 2.36. The summed E-state index contributed by atoms with van der Waals surface area (Å²) in [4.78, 5) is 0. The van der Waals surface area contributed by atoms with E-state index in [1.54, 1.807) is 0 Å². The second-order valence-electron chi connectivity index (χ2n) is 5.98. The van der Waals surface area contributed by atoms with E-state index < -0.39 is 8.32 Å². The van der Waals surface area contributed by atoms with Crippen LogP contribution in [-0.4, -0.2) is 21.0 Å². The maximum Gasteiger partial charge on any atom is 0.192 e. The van der Waals surface area contributed by atoms with Crippen LogP contribution in [0.5, 0.6) is 0 Å². The van der Waals surface area contributed by atoms with Crippen LogP contribution in [0.4, 0.5) is 0 Å². The molecule has 0 saturated carbocycles. The van der Waals surface area contributed by atoms with Crippen LogP contribution >= 0.6 is 12.4 Å². The zero-order valence-electron chi connectivity index (χ0n) is 11.3. The lowest BCUT2D eigenvalue weighted by atomic mass is 10.1. The minimum atomic E-state index is -1.59. The number of halogens is 1. The second kappa shape index (κ2) is 6.23. The van der Waals surface area contributed by atoms with Gasteiger partial charge in [-0.25, -0.2) is 0 Å². The molecule has 0 fully saturated rings. The lowest BCUT2D eigenvalue weighted by Gasteiger charge is -2.37. The molecule has 2 N–H and O–H groups in total. The van der Waals surface area contributed by atoms with E-state index in [0.717, 1.165) is 0 Å². The molecule has 15 heavy (non-hydrogen) atoms. The number of hydrogen-bond donors (Lipinski definition) is 1. The quantitative estimate of drug-likeness (QED) is 0.780. The van der Waals surface area contributed by atoms with E-state index in [9.17, 15) is 0 Å². The fourth-order valence-corrected chi connectivity index (χ4v) is 1.76. The van der Waals surface area contributed by atoms with Crippen LogP contribution < -0.4 is 5.73 Å². The first-order chi connectivity index (χ1) is 6.08. The minimum absolute atomic E-state index is 0. The summed E-state index contributed by atoms with van der Waals surface area (Å²) in [6, 6.07) is 0.170. The van der Waals surface area contributed by atoms with Crippen molar-refractivity contribution in [3.63, 3.8) is 0 Å². The summed E-state index contributed by atoms with van der Waals surface area (Å²) in [5, 5.41) is 0.281. The number of hydrogen-bond acceptors (Lipinski definition) is 2. The van der Waals surface area contributed by atoms with Gasteiger partial charge in [0.1, 0.15) is 0 Å². The van der Waals surface area contributed by atoms with Crippen LogP contribution in [0.15, 0.2) is 0 Å². The molecule has 94 valence electrons. The van der Waals surface area contributed by atoms with Gasteiger partial charge < -0.3 is 10.2 Å². The zero-order chi connectivity index (χ0) is 11.6. The predicted octanol–water partition coefficient (Wildman–Crippen LogP) is 3.41. The Bertz CT molecular complexity index is 178. The van der Waals surface area contributed by atoms with E-state index in [-0.39, 0.29) is 23.5 Å². The Balaban J connectivity index is 0. The first kappa shape index (κ1) is 17.8. The van der Waals surface area contributed by atoms with Gasteiger partial charge in [0.05, 0.1) is 0 Å². The highest BCUT2D eigenvalue weighted by molar-refractivity contribution is 6.74. The molecule has 0 unspecified atom stereocenters. The smallest absolute Gasteiger partial charge is 0.192 e. The standard InChI is InChI=1S/C11H27NOSi.ClH/c1-9(2)10(12)8-13-14(6,7)11(3,4)5;/h9-10H,8,12H2,1-7H3;1H/t10-;/m0./s1. The normalized spacial score (nSPS) is 15.0. The fourth-order valence-electron chi connectivity index (χ4n) is 0.714. The van der Waals surface area contributed by atoms with Gasteiger partial charge in [-0.1, -0.05) is 34.6 Å². The van der Waals surface area contributed by atoms with Crippen molar-refractivity contribution >= 4 is 20.7 Å². The second-order valence-corrected chi connectivity index (χ2v) is 10.8. The van der Waals surface area contributed by atoms with E-state index in [1.807, 2.05) is 0 Å². The molecule has 0 radical (unpaired) electrons. The summed E-state index contributed by atoms with van der Waals surface area (Å²) in [6.07, 6.45) is 0. The average molecular weight is 254 g/mol. The van der Waals surface area contributed by atoms with Crippen molar-refractivity contribution in [1.82, 2.24) is 0 Å². The Labute approximate surface area is 102 Å². The van der Waals surface area contributed by atoms with Crippen molar-refractivity contribution in [2.75, 3.05) is 6.61 Å². The molecular formula is C11H28ClNOSi. The molecule has 0 heterocycles. The molecule has 0 aromatic rings. The van der Waals surface area contributed by atoms with Gasteiger partial charge in [-0.3, -0.25) is 0 Å². The van der Waals surface area contributed by atoms with Crippen molar-refractivity contribution in [2.45, 2.75) is 58.8 Å². The monoisotopic (exact) mass is 253 g/mol. The van der Waals surface area contributed by atoms with E-state index >= 15 is 0 Å². The molecule has 1 atom stereocenters. The summed E-state index contributed by atoms with van der Waals surface area (Å²) >= 11 is 0. The molecule has 0 aliphatic rings. The van der Waals surface area contributed by atoms with Crippen molar-refractivity contribution in [2.24, 2.45) is 11.7 Å².